The van der Waals surface area contributed by atoms with Gasteiger partial charge in [-0.2, -0.15) is 0 Å². The number of hydrogen-bond donors (Lipinski definition) is 4. The molecule has 0 bridgehead atoms. The van der Waals surface area contributed by atoms with Crippen LogP contribution in [0.3, 0.4) is 0 Å². The molecule has 6 aliphatic rings. The van der Waals surface area contributed by atoms with Crippen molar-refractivity contribution in [2.75, 3.05) is 22.1 Å². The number of nitrogens with zero attached hydrogens (tertiary/aromatic N) is 3. The third kappa shape index (κ3) is 13.0. The predicted molar refractivity (Wildman–Crippen MR) is 336 cm³/mol. The standard InChI is InChI=1S/C25H19N3O5.C19H13NO6.C16H6O7.C6H8N2.C3H9N/c1-13(2)27-22(29)18-9-7-16(11-20(18)24(27)31)33-17-8-10-19-21(12-17)25(32)28(23(19)30)15-5-3-14(26)4-6-15;1-9(2)20-16(21)12-5-3-10(7-14(12)17(20)22)25-11-4-6-13-15(8-11)19(24)26-18(13)23;17-13-9-3-1-7(5-11(9)15(19)22-13)21-8-2-4-10-12(6-8)16(20)23-14(10)18;7-5-1-2-6(8)4-3-5;1-3(2)4/h3-13H,26H2,1-2H3;3-9H,1-2H3;1-6H;1-4H,7-8H2;3H,4H2,1-2H3. The van der Waals surface area contributed by atoms with Crippen molar-refractivity contribution < 1.29 is 86.0 Å². The largest absolute Gasteiger partial charge is 0.457 e. The number of rotatable bonds is 9. The zero-order chi connectivity index (χ0) is 67.7. The minimum absolute atomic E-state index is 0.114. The summed E-state index contributed by atoms with van der Waals surface area (Å²) in [6, 6.07) is 40.2. The van der Waals surface area contributed by atoms with E-state index in [9.17, 15) is 57.5 Å². The van der Waals surface area contributed by atoms with Gasteiger partial charge in [0.2, 0.25) is 0 Å². The van der Waals surface area contributed by atoms with E-state index in [0.29, 0.717) is 51.5 Å². The summed E-state index contributed by atoms with van der Waals surface area (Å²) in [7, 11) is 0. The molecule has 25 heteroatoms. The molecule has 0 radical (unpaired) electrons. The number of carbonyl (C=O) groups is 12. The molecule has 0 aromatic heterocycles. The molecule has 14 rings (SSSR count). The van der Waals surface area contributed by atoms with Crippen molar-refractivity contribution in [1.29, 1.82) is 0 Å². The van der Waals surface area contributed by atoms with Gasteiger partial charge in [-0.05, 0) is 191 Å². The van der Waals surface area contributed by atoms with E-state index in [-0.39, 0.29) is 103 Å². The lowest BCUT2D eigenvalue weighted by molar-refractivity contribution is 0.0425. The van der Waals surface area contributed by atoms with Crippen LogP contribution in [0.1, 0.15) is 166 Å². The van der Waals surface area contributed by atoms with E-state index in [2.05, 4.69) is 14.2 Å². The van der Waals surface area contributed by atoms with Gasteiger partial charge in [0.05, 0.1) is 72.4 Å². The van der Waals surface area contributed by atoms with E-state index in [0.717, 1.165) is 16.3 Å². The Morgan fingerprint density at radius 2 is 0.500 bits per heavy atom. The molecule has 25 nitrogen and oxygen atoms in total. The maximum absolute atomic E-state index is 13.0. The van der Waals surface area contributed by atoms with Gasteiger partial charge in [-0.3, -0.25) is 38.6 Å². The fraction of sp³-hybridized carbons (Fsp3) is 0.130. The lowest BCUT2D eigenvalue weighted by Gasteiger charge is -2.17. The van der Waals surface area contributed by atoms with E-state index >= 15 is 0 Å². The number of fused-ring (bicyclic) bond motifs is 6. The Labute approximate surface area is 534 Å². The van der Waals surface area contributed by atoms with Gasteiger partial charge >= 0.3 is 35.8 Å². The van der Waals surface area contributed by atoms with Gasteiger partial charge in [0.25, 0.3) is 35.4 Å². The van der Waals surface area contributed by atoms with Crippen LogP contribution in [0.4, 0.5) is 22.7 Å². The minimum Gasteiger partial charge on any atom is -0.457 e. The molecule has 6 heterocycles. The van der Waals surface area contributed by atoms with Gasteiger partial charge in [0, 0.05) is 29.1 Å². The van der Waals surface area contributed by atoms with Crippen LogP contribution in [-0.2, 0) is 14.2 Å². The van der Waals surface area contributed by atoms with Crippen molar-refractivity contribution in [3.8, 4) is 34.5 Å². The zero-order valence-corrected chi connectivity index (χ0v) is 50.7. The topological polar surface area (TPSA) is 374 Å². The number of nitrogen functional groups attached to an aromatic ring is 3. The molecule has 8 N–H and O–H groups in total. The second kappa shape index (κ2) is 26.1. The lowest BCUT2D eigenvalue weighted by atomic mass is 10.1. The molecule has 6 amide bonds. The number of esters is 6. The van der Waals surface area contributed by atoms with Gasteiger partial charge in [-0.1, -0.05) is 13.8 Å². The van der Waals surface area contributed by atoms with Gasteiger partial charge < -0.3 is 51.4 Å². The predicted octanol–water partition coefficient (Wildman–Crippen LogP) is 9.96. The monoisotopic (exact) mass is 1270 g/mol. The lowest BCUT2D eigenvalue weighted by Crippen LogP contribution is -2.35. The first-order valence-electron chi connectivity index (χ1n) is 28.7. The molecular formula is C69H55N7O18. The van der Waals surface area contributed by atoms with Crippen molar-refractivity contribution in [2.45, 2.75) is 59.7 Å². The molecule has 0 saturated heterocycles. The Hall–Kier alpha value is -12.6. The Bertz CT molecular complexity index is 4480. The number of imide groups is 3. The average Bonchev–Trinajstić information content (AvgIpc) is 1.63. The molecule has 0 aliphatic carbocycles. The molecule has 0 unspecified atom stereocenters. The maximum atomic E-state index is 13.0. The SMILES string of the molecule is CC(C)N.CC(C)N1C(=O)c2ccc(Oc3ccc4c(c3)C(=O)N(c3ccc(N)cc3)C4=O)cc2C1=O.CC(C)N1C(=O)c2ccc(Oc3ccc4c(c3)C(=O)OC4=O)cc2C1=O.Nc1ccc(N)cc1.O=C1OC(=O)c2cc(Oc3ccc4c(c3)C(=O)OC4=O)ccc21. The molecular weight excluding hydrogens is 1210 g/mol. The first-order chi connectivity index (χ1) is 44.7. The summed E-state index contributed by atoms with van der Waals surface area (Å²) in [4.78, 5) is 148. The first-order valence-corrected chi connectivity index (χ1v) is 28.7. The number of anilines is 4. The second-order valence-corrected chi connectivity index (χ2v) is 22.2. The fourth-order valence-corrected chi connectivity index (χ4v) is 9.97. The average molecular weight is 1270 g/mol. The summed E-state index contributed by atoms with van der Waals surface area (Å²) < 4.78 is 30.6. The summed E-state index contributed by atoms with van der Waals surface area (Å²) in [5.74, 6) is -4.69. The van der Waals surface area contributed by atoms with Crippen LogP contribution in [0.25, 0.3) is 0 Å². The van der Waals surface area contributed by atoms with Crippen molar-refractivity contribution in [2.24, 2.45) is 5.73 Å². The third-order valence-corrected chi connectivity index (χ3v) is 14.3. The molecule has 0 fully saturated rings. The summed E-state index contributed by atoms with van der Waals surface area (Å²) in [5, 5.41) is 0. The molecule has 0 saturated carbocycles. The maximum Gasteiger partial charge on any atom is 0.347 e. The van der Waals surface area contributed by atoms with Crippen LogP contribution in [0.5, 0.6) is 34.5 Å². The van der Waals surface area contributed by atoms with Crippen LogP contribution in [0.15, 0.2) is 158 Å². The van der Waals surface area contributed by atoms with Crippen LogP contribution in [0, 0.1) is 0 Å². The Kier molecular flexibility index (Phi) is 17.8. The van der Waals surface area contributed by atoms with Gasteiger partial charge in [0.15, 0.2) is 0 Å². The quantitative estimate of drug-likeness (QED) is 0.0343. The molecule has 0 spiro atoms. The van der Waals surface area contributed by atoms with E-state index in [1.807, 2.05) is 13.8 Å². The zero-order valence-electron chi connectivity index (χ0n) is 50.7. The minimum atomic E-state index is -0.737. The van der Waals surface area contributed by atoms with E-state index < -0.39 is 47.6 Å². The fourth-order valence-electron chi connectivity index (χ4n) is 9.97. The summed E-state index contributed by atoms with van der Waals surface area (Å²) in [6.45, 7) is 11.0. The molecule has 8 aromatic carbocycles. The first kappa shape index (κ1) is 64.3. The third-order valence-electron chi connectivity index (χ3n) is 14.3. The summed E-state index contributed by atoms with van der Waals surface area (Å²) in [5.41, 5.74) is 26.6. The Balaban J connectivity index is 0.000000143. The van der Waals surface area contributed by atoms with E-state index in [4.69, 9.17) is 37.1 Å². The number of cyclic esters (lactones) is 6. The van der Waals surface area contributed by atoms with Crippen molar-refractivity contribution in [3.63, 3.8) is 0 Å². The smallest absolute Gasteiger partial charge is 0.347 e. The number of carbonyl (C=O) groups excluding carboxylic acids is 12. The number of nitrogens with two attached hydrogens (primary N) is 4. The number of amides is 6. The van der Waals surface area contributed by atoms with E-state index in [1.165, 1.54) is 88.7 Å². The van der Waals surface area contributed by atoms with Crippen LogP contribution in [-0.4, -0.2) is 99.2 Å². The summed E-state index contributed by atoms with van der Waals surface area (Å²) in [6.07, 6.45) is 0. The molecule has 0 atom stereocenters. The molecule has 474 valence electrons. The highest BCUT2D eigenvalue weighted by Gasteiger charge is 2.41. The Morgan fingerprint density at radius 3 is 0.787 bits per heavy atom. The van der Waals surface area contributed by atoms with E-state index in [1.54, 1.807) is 107 Å². The van der Waals surface area contributed by atoms with Gasteiger partial charge in [-0.25, -0.2) is 33.7 Å². The second-order valence-electron chi connectivity index (χ2n) is 22.2. The van der Waals surface area contributed by atoms with Crippen LogP contribution in [0.2, 0.25) is 0 Å². The normalized spacial score (nSPS) is 14.3. The Morgan fingerprint density at radius 1 is 0.287 bits per heavy atom. The molecule has 94 heavy (non-hydrogen) atoms. The number of benzene rings is 8. The molecule has 8 aromatic rings. The highest BCUT2D eigenvalue weighted by molar-refractivity contribution is 6.34. The molecule has 6 aliphatic heterocycles. The van der Waals surface area contributed by atoms with Crippen molar-refractivity contribution >= 4 is 94.0 Å². The van der Waals surface area contributed by atoms with Gasteiger partial charge in [0.1, 0.15) is 34.5 Å². The number of ether oxygens (including phenoxy) is 6. The highest BCUT2D eigenvalue weighted by atomic mass is 16.6. The van der Waals surface area contributed by atoms with Crippen molar-refractivity contribution in [3.05, 3.63) is 224 Å². The van der Waals surface area contributed by atoms with Crippen molar-refractivity contribution in [1.82, 2.24) is 9.80 Å². The highest BCUT2D eigenvalue weighted by Crippen LogP contribution is 2.37. The van der Waals surface area contributed by atoms with Crippen LogP contribution >= 0.6 is 0 Å². The summed E-state index contributed by atoms with van der Waals surface area (Å²) >= 11 is 0. The van der Waals surface area contributed by atoms with Gasteiger partial charge in [-0.15, -0.1) is 0 Å². The van der Waals surface area contributed by atoms with Crippen LogP contribution < -0.4 is 42.0 Å². The number of hydrogen-bond acceptors (Lipinski definition) is 22.